The summed E-state index contributed by atoms with van der Waals surface area (Å²) in [5.74, 6) is 1.48. The zero-order valence-electron chi connectivity index (χ0n) is 8.35. The zero-order valence-corrected chi connectivity index (χ0v) is 10.6. The molecule has 0 aliphatic heterocycles. The van der Waals surface area contributed by atoms with Crippen molar-refractivity contribution in [3.63, 3.8) is 0 Å². The molecule has 0 heterocycles. The second-order valence-corrected chi connectivity index (χ2v) is 3.52. The van der Waals surface area contributed by atoms with Crippen LogP contribution < -0.4 is 0 Å². The molecule has 14 heavy (non-hydrogen) atoms. The lowest BCUT2D eigenvalue weighted by Gasteiger charge is -2.01. The smallest absolute Gasteiger partial charge is 0.117 e. The summed E-state index contributed by atoms with van der Waals surface area (Å²) < 4.78 is 5.32. The number of ether oxygens (including phenoxy) is 1. The monoisotopic (exact) mass is 264 g/mol. The van der Waals surface area contributed by atoms with Gasteiger partial charge in [-0.1, -0.05) is 11.6 Å². The van der Waals surface area contributed by atoms with Crippen molar-refractivity contribution < 1.29 is 9.84 Å². The molecule has 0 bridgehead atoms. The molecule has 0 amide bonds. The van der Waals surface area contributed by atoms with Gasteiger partial charge in [0.05, 0.1) is 0 Å². The van der Waals surface area contributed by atoms with Crippen molar-refractivity contribution in [1.29, 1.82) is 0 Å². The Hall–Kier alpha value is 0.790. The van der Waals surface area contributed by atoms with Crippen LogP contribution in [0.25, 0.3) is 0 Å². The average Bonchev–Trinajstić information content (AvgIpc) is 2.18. The van der Waals surface area contributed by atoms with E-state index in [-0.39, 0.29) is 6.07 Å². The number of rotatable bonds is 8. The number of hydrogen-bond donors (Lipinski definition) is 1. The van der Waals surface area contributed by atoms with Crippen LogP contribution in [0.4, 0.5) is 0 Å². The van der Waals surface area contributed by atoms with E-state index in [0.717, 1.165) is 50.7 Å². The first kappa shape index (κ1) is 17.2. The summed E-state index contributed by atoms with van der Waals surface area (Å²) in [5, 5.41) is 7.33. The fourth-order valence-electron chi connectivity index (χ4n) is 0.699. The van der Waals surface area contributed by atoms with Gasteiger partial charge in [0.25, 0.3) is 0 Å². The Kier molecular flexibility index (Phi) is 23.8. The highest BCUT2D eigenvalue weighted by Crippen LogP contribution is 1.95. The molecule has 0 unspecified atom stereocenters. The summed E-state index contributed by atoms with van der Waals surface area (Å²) in [7, 11) is 0. The lowest BCUT2D eigenvalue weighted by molar-refractivity contribution is 0.128. The molecule has 5 heteroatoms. The molecule has 0 saturated carbocycles. The van der Waals surface area contributed by atoms with Gasteiger partial charge in [0.1, 0.15) is 6.07 Å². The minimum Gasteiger partial charge on any atom is -0.381 e. The first-order valence-corrected chi connectivity index (χ1v) is 6.30. The number of alkyl halides is 3. The number of aliphatic hydroxyl groups is 1. The van der Waals surface area contributed by atoms with Crippen molar-refractivity contribution in [2.45, 2.75) is 25.7 Å². The molecule has 0 radical (unpaired) electrons. The normalized spacial score (nSPS) is 9.43. The molecule has 2 nitrogen and oxygen atoms in total. The standard InChI is InChI=1S/C8H16Cl2O.CH3ClO/c9-5-1-3-7-11-8-4-2-6-10;2-1-3/h1-8H2;3H,1H2. The van der Waals surface area contributed by atoms with E-state index < -0.39 is 0 Å². The van der Waals surface area contributed by atoms with Gasteiger partial charge in [-0.2, -0.15) is 0 Å². The van der Waals surface area contributed by atoms with Gasteiger partial charge in [-0.3, -0.25) is 0 Å². The Morgan fingerprint density at radius 2 is 1.14 bits per heavy atom. The Morgan fingerprint density at radius 1 is 0.786 bits per heavy atom. The van der Waals surface area contributed by atoms with Crippen LogP contribution in [0.5, 0.6) is 0 Å². The van der Waals surface area contributed by atoms with Crippen molar-refractivity contribution in [2.75, 3.05) is 31.0 Å². The van der Waals surface area contributed by atoms with Crippen LogP contribution in [0.2, 0.25) is 0 Å². The second kappa shape index (κ2) is 19.4. The molecular formula is C9H19Cl3O2. The van der Waals surface area contributed by atoms with Crippen molar-refractivity contribution in [1.82, 2.24) is 0 Å². The molecule has 88 valence electrons. The predicted octanol–water partition coefficient (Wildman–Crippen LogP) is 3.22. The Balaban J connectivity index is 0. The van der Waals surface area contributed by atoms with Gasteiger partial charge >= 0.3 is 0 Å². The molecule has 0 fully saturated rings. The van der Waals surface area contributed by atoms with Crippen LogP contribution in [0.1, 0.15) is 25.7 Å². The Morgan fingerprint density at radius 3 is 1.43 bits per heavy atom. The first-order valence-electron chi connectivity index (χ1n) is 4.70. The van der Waals surface area contributed by atoms with E-state index in [0.29, 0.717) is 0 Å². The van der Waals surface area contributed by atoms with E-state index in [1.54, 1.807) is 0 Å². The molecular weight excluding hydrogens is 246 g/mol. The zero-order chi connectivity index (χ0) is 11.1. The minimum absolute atomic E-state index is 0.278. The third-order valence-electron chi connectivity index (χ3n) is 1.34. The highest BCUT2D eigenvalue weighted by molar-refractivity contribution is 6.18. The van der Waals surface area contributed by atoms with Gasteiger partial charge in [-0.25, -0.2) is 0 Å². The fourth-order valence-corrected chi connectivity index (χ4v) is 1.08. The third-order valence-corrected chi connectivity index (χ3v) is 1.88. The van der Waals surface area contributed by atoms with Crippen molar-refractivity contribution in [3.05, 3.63) is 0 Å². The van der Waals surface area contributed by atoms with E-state index in [9.17, 15) is 0 Å². The van der Waals surface area contributed by atoms with E-state index in [1.165, 1.54) is 0 Å². The quantitative estimate of drug-likeness (QED) is 0.539. The molecule has 0 aromatic carbocycles. The average molecular weight is 266 g/mol. The van der Waals surface area contributed by atoms with Crippen LogP contribution in [0.3, 0.4) is 0 Å². The van der Waals surface area contributed by atoms with E-state index in [2.05, 4.69) is 11.6 Å². The topological polar surface area (TPSA) is 29.5 Å². The number of hydrogen-bond acceptors (Lipinski definition) is 2. The third kappa shape index (κ3) is 23.0. The number of aliphatic hydroxyl groups excluding tert-OH is 1. The molecule has 0 spiro atoms. The lowest BCUT2D eigenvalue weighted by Crippen LogP contribution is -1.97. The minimum atomic E-state index is -0.278. The van der Waals surface area contributed by atoms with Crippen LogP contribution in [-0.4, -0.2) is 36.1 Å². The van der Waals surface area contributed by atoms with Gasteiger partial charge < -0.3 is 9.84 Å². The molecule has 0 aliphatic rings. The van der Waals surface area contributed by atoms with Crippen LogP contribution in [0, 0.1) is 0 Å². The Labute approximate surface area is 101 Å². The van der Waals surface area contributed by atoms with E-state index in [4.69, 9.17) is 33.0 Å². The van der Waals surface area contributed by atoms with Gasteiger partial charge in [0.2, 0.25) is 0 Å². The van der Waals surface area contributed by atoms with Crippen molar-refractivity contribution in [3.8, 4) is 0 Å². The highest BCUT2D eigenvalue weighted by Gasteiger charge is 1.88. The number of halogens is 3. The molecule has 0 aromatic rings. The van der Waals surface area contributed by atoms with Gasteiger partial charge in [-0.15, -0.1) is 23.2 Å². The second-order valence-electron chi connectivity index (χ2n) is 2.52. The molecule has 0 aliphatic carbocycles. The van der Waals surface area contributed by atoms with Gasteiger partial charge in [0, 0.05) is 25.0 Å². The van der Waals surface area contributed by atoms with E-state index in [1.807, 2.05) is 0 Å². The lowest BCUT2D eigenvalue weighted by atomic mass is 10.3. The van der Waals surface area contributed by atoms with Gasteiger partial charge in [-0.05, 0) is 25.7 Å². The summed E-state index contributed by atoms with van der Waals surface area (Å²) in [6, 6.07) is -0.278. The molecule has 0 rings (SSSR count). The molecule has 0 aromatic heterocycles. The fraction of sp³-hybridized carbons (Fsp3) is 1.00. The van der Waals surface area contributed by atoms with Gasteiger partial charge in [0.15, 0.2) is 0 Å². The van der Waals surface area contributed by atoms with E-state index >= 15 is 0 Å². The number of unbranched alkanes of at least 4 members (excludes halogenated alkanes) is 2. The van der Waals surface area contributed by atoms with Crippen molar-refractivity contribution in [2.24, 2.45) is 0 Å². The maximum absolute atomic E-state index is 7.33. The predicted molar refractivity (Wildman–Crippen MR) is 63.7 cm³/mol. The maximum atomic E-state index is 7.33. The summed E-state index contributed by atoms with van der Waals surface area (Å²) in [6.07, 6.45) is 4.25. The van der Waals surface area contributed by atoms with Crippen LogP contribution in [-0.2, 0) is 4.74 Å². The molecule has 0 saturated heterocycles. The van der Waals surface area contributed by atoms with Crippen LogP contribution in [0.15, 0.2) is 0 Å². The molecule has 1 N–H and O–H groups in total. The van der Waals surface area contributed by atoms with Crippen LogP contribution >= 0.6 is 34.8 Å². The highest BCUT2D eigenvalue weighted by atomic mass is 35.5. The largest absolute Gasteiger partial charge is 0.381 e. The molecule has 0 atom stereocenters. The SMILES string of the molecule is ClCCCCOCCCCCl.OCCl. The first-order chi connectivity index (χ1) is 6.83. The Bertz CT molecular complexity index is 76.5. The maximum Gasteiger partial charge on any atom is 0.117 e. The van der Waals surface area contributed by atoms with Crippen molar-refractivity contribution >= 4 is 34.8 Å². The summed E-state index contributed by atoms with van der Waals surface area (Å²) in [5.41, 5.74) is 0. The summed E-state index contributed by atoms with van der Waals surface area (Å²) in [6.45, 7) is 1.68. The summed E-state index contributed by atoms with van der Waals surface area (Å²) >= 11 is 15.5. The summed E-state index contributed by atoms with van der Waals surface area (Å²) in [4.78, 5) is 0.